The standard InChI is InChI=1S/C13H14N6/c1-8(15)13-17-12(10-3-4-10)18-19(13)11-5-2-9(6-14)7-16-11/h2,5,7-8,10H,3-4,15H2,1H3/t8-/m1/s1. The maximum Gasteiger partial charge on any atom is 0.155 e. The van der Waals surface area contributed by atoms with Gasteiger partial charge in [0, 0.05) is 12.1 Å². The van der Waals surface area contributed by atoms with Crippen molar-refractivity contribution in [2.45, 2.75) is 31.7 Å². The van der Waals surface area contributed by atoms with Crippen LogP contribution in [-0.2, 0) is 0 Å². The van der Waals surface area contributed by atoms with E-state index in [-0.39, 0.29) is 6.04 Å². The van der Waals surface area contributed by atoms with Crippen LogP contribution in [0.2, 0.25) is 0 Å². The molecule has 1 fully saturated rings. The van der Waals surface area contributed by atoms with Crippen molar-refractivity contribution < 1.29 is 0 Å². The first-order valence-corrected chi connectivity index (χ1v) is 6.28. The second-order valence-electron chi connectivity index (χ2n) is 4.82. The van der Waals surface area contributed by atoms with Crippen LogP contribution in [0.4, 0.5) is 0 Å². The van der Waals surface area contributed by atoms with Crippen molar-refractivity contribution in [2.24, 2.45) is 5.73 Å². The predicted molar refractivity (Wildman–Crippen MR) is 68.4 cm³/mol. The summed E-state index contributed by atoms with van der Waals surface area (Å²) < 4.78 is 1.68. The lowest BCUT2D eigenvalue weighted by atomic mass is 10.3. The van der Waals surface area contributed by atoms with Gasteiger partial charge in [-0.25, -0.2) is 9.97 Å². The number of nitrogens with two attached hydrogens (primary N) is 1. The number of hydrogen-bond donors (Lipinski definition) is 1. The number of nitriles is 1. The van der Waals surface area contributed by atoms with Gasteiger partial charge in [-0.15, -0.1) is 5.10 Å². The van der Waals surface area contributed by atoms with Crippen LogP contribution in [0.1, 0.15) is 48.9 Å². The minimum absolute atomic E-state index is 0.211. The molecule has 0 spiro atoms. The molecule has 6 nitrogen and oxygen atoms in total. The fraction of sp³-hybridized carbons (Fsp3) is 0.385. The van der Waals surface area contributed by atoms with Crippen LogP contribution in [0.3, 0.4) is 0 Å². The number of pyridine rings is 1. The molecule has 6 heteroatoms. The minimum Gasteiger partial charge on any atom is -0.322 e. The number of aromatic nitrogens is 4. The Morgan fingerprint density at radius 2 is 2.26 bits per heavy atom. The van der Waals surface area contributed by atoms with E-state index in [0.717, 1.165) is 18.7 Å². The van der Waals surface area contributed by atoms with Gasteiger partial charge in [0.15, 0.2) is 17.5 Å². The number of hydrogen-bond acceptors (Lipinski definition) is 5. The molecule has 2 N–H and O–H groups in total. The van der Waals surface area contributed by atoms with Crippen molar-refractivity contribution in [3.8, 4) is 11.9 Å². The van der Waals surface area contributed by atoms with Gasteiger partial charge in [-0.3, -0.25) is 0 Å². The Morgan fingerprint density at radius 3 is 2.79 bits per heavy atom. The molecule has 1 atom stereocenters. The van der Waals surface area contributed by atoms with Gasteiger partial charge in [-0.2, -0.15) is 9.94 Å². The molecule has 0 amide bonds. The zero-order valence-electron chi connectivity index (χ0n) is 10.6. The molecule has 0 radical (unpaired) electrons. The summed E-state index contributed by atoms with van der Waals surface area (Å²) in [4.78, 5) is 8.75. The van der Waals surface area contributed by atoms with Crippen molar-refractivity contribution >= 4 is 0 Å². The largest absolute Gasteiger partial charge is 0.322 e. The first-order valence-electron chi connectivity index (χ1n) is 6.28. The fourth-order valence-electron chi connectivity index (χ4n) is 1.90. The van der Waals surface area contributed by atoms with Crippen molar-refractivity contribution in [3.63, 3.8) is 0 Å². The third-order valence-corrected chi connectivity index (χ3v) is 3.09. The van der Waals surface area contributed by atoms with Crippen LogP contribution < -0.4 is 5.73 Å². The third kappa shape index (κ3) is 2.20. The molecule has 96 valence electrons. The lowest BCUT2D eigenvalue weighted by molar-refractivity contribution is 0.680. The summed E-state index contributed by atoms with van der Waals surface area (Å²) in [5.74, 6) is 2.67. The van der Waals surface area contributed by atoms with Gasteiger partial charge in [0.1, 0.15) is 6.07 Å². The zero-order valence-corrected chi connectivity index (χ0v) is 10.6. The zero-order chi connectivity index (χ0) is 13.4. The van der Waals surface area contributed by atoms with Crippen molar-refractivity contribution in [2.75, 3.05) is 0 Å². The summed E-state index contributed by atoms with van der Waals surface area (Å²) in [7, 11) is 0. The maximum absolute atomic E-state index is 8.78. The molecule has 0 bridgehead atoms. The summed E-state index contributed by atoms with van der Waals surface area (Å²) in [5, 5.41) is 13.3. The van der Waals surface area contributed by atoms with Gasteiger partial charge >= 0.3 is 0 Å². The molecule has 3 rings (SSSR count). The highest BCUT2D eigenvalue weighted by molar-refractivity contribution is 5.32. The lowest BCUT2D eigenvalue weighted by Gasteiger charge is -2.06. The molecule has 0 saturated heterocycles. The van der Waals surface area contributed by atoms with Crippen molar-refractivity contribution in [1.82, 2.24) is 19.7 Å². The van der Waals surface area contributed by atoms with Crippen LogP contribution in [0.25, 0.3) is 5.82 Å². The first-order chi connectivity index (χ1) is 9.19. The number of rotatable bonds is 3. The first kappa shape index (κ1) is 11.8. The lowest BCUT2D eigenvalue weighted by Crippen LogP contribution is -2.14. The van der Waals surface area contributed by atoms with E-state index in [1.54, 1.807) is 16.8 Å². The predicted octanol–water partition coefficient (Wildman–Crippen LogP) is 1.43. The molecule has 0 aromatic carbocycles. The molecule has 2 aromatic rings. The summed E-state index contributed by atoms with van der Waals surface area (Å²) in [6.07, 6.45) is 3.81. The highest BCUT2D eigenvalue weighted by atomic mass is 15.4. The summed E-state index contributed by atoms with van der Waals surface area (Å²) >= 11 is 0. The van der Waals surface area contributed by atoms with Crippen molar-refractivity contribution in [3.05, 3.63) is 35.5 Å². The van der Waals surface area contributed by atoms with E-state index < -0.39 is 0 Å². The Balaban J connectivity index is 2.04. The monoisotopic (exact) mass is 254 g/mol. The van der Waals surface area contributed by atoms with Gasteiger partial charge in [0.05, 0.1) is 11.6 Å². The van der Waals surface area contributed by atoms with E-state index in [2.05, 4.69) is 15.1 Å². The molecule has 0 unspecified atom stereocenters. The molecule has 1 saturated carbocycles. The van der Waals surface area contributed by atoms with E-state index in [1.807, 2.05) is 13.0 Å². The second kappa shape index (κ2) is 4.44. The molecular formula is C13H14N6. The molecule has 19 heavy (non-hydrogen) atoms. The average Bonchev–Trinajstić information content (AvgIpc) is 3.17. The minimum atomic E-state index is -0.211. The van der Waals surface area contributed by atoms with Gasteiger partial charge < -0.3 is 5.73 Å². The van der Waals surface area contributed by atoms with Crippen LogP contribution in [0.5, 0.6) is 0 Å². The van der Waals surface area contributed by atoms with Crippen LogP contribution >= 0.6 is 0 Å². The summed E-state index contributed by atoms with van der Waals surface area (Å²) in [5.41, 5.74) is 6.46. The Kier molecular flexibility index (Phi) is 2.76. The van der Waals surface area contributed by atoms with Crippen molar-refractivity contribution in [1.29, 1.82) is 5.26 Å². The third-order valence-electron chi connectivity index (χ3n) is 3.09. The topological polar surface area (TPSA) is 93.4 Å². The van der Waals surface area contributed by atoms with Crippen LogP contribution in [0.15, 0.2) is 18.3 Å². The molecular weight excluding hydrogens is 240 g/mol. The van der Waals surface area contributed by atoms with E-state index in [9.17, 15) is 0 Å². The van der Waals surface area contributed by atoms with E-state index in [0.29, 0.717) is 23.1 Å². The average molecular weight is 254 g/mol. The molecule has 2 aromatic heterocycles. The normalized spacial score (nSPS) is 16.1. The summed E-state index contributed by atoms with van der Waals surface area (Å²) in [6, 6.07) is 5.31. The molecule has 2 heterocycles. The van der Waals surface area contributed by atoms with Gasteiger partial charge in [0.2, 0.25) is 0 Å². The van der Waals surface area contributed by atoms with Gasteiger partial charge in [0.25, 0.3) is 0 Å². The molecule has 1 aliphatic carbocycles. The second-order valence-corrected chi connectivity index (χ2v) is 4.82. The molecule has 0 aliphatic heterocycles. The quantitative estimate of drug-likeness (QED) is 0.894. The summed E-state index contributed by atoms with van der Waals surface area (Å²) in [6.45, 7) is 1.88. The van der Waals surface area contributed by atoms with Gasteiger partial charge in [-0.1, -0.05) is 0 Å². The van der Waals surface area contributed by atoms with Crippen LogP contribution in [0, 0.1) is 11.3 Å². The van der Waals surface area contributed by atoms with E-state index >= 15 is 0 Å². The Morgan fingerprint density at radius 1 is 1.47 bits per heavy atom. The van der Waals surface area contributed by atoms with E-state index in [4.69, 9.17) is 11.0 Å². The highest BCUT2D eigenvalue weighted by Crippen LogP contribution is 2.38. The Bertz CT molecular complexity index is 630. The Hall–Kier alpha value is -2.26. The maximum atomic E-state index is 8.78. The SMILES string of the molecule is C[C@@H](N)c1nc(C2CC2)nn1-c1ccc(C#N)cn1. The smallest absolute Gasteiger partial charge is 0.155 e. The molecule has 1 aliphatic rings. The van der Waals surface area contributed by atoms with Crippen LogP contribution in [-0.4, -0.2) is 19.7 Å². The number of nitrogens with zero attached hydrogens (tertiary/aromatic N) is 5. The fourth-order valence-corrected chi connectivity index (χ4v) is 1.90. The Labute approximate surface area is 110 Å². The highest BCUT2D eigenvalue weighted by Gasteiger charge is 2.29. The van der Waals surface area contributed by atoms with E-state index in [1.165, 1.54) is 6.20 Å². The van der Waals surface area contributed by atoms with Gasteiger partial charge in [-0.05, 0) is 31.9 Å².